The van der Waals surface area contributed by atoms with Crippen molar-refractivity contribution in [2.24, 2.45) is 0 Å². The fraction of sp³-hybridized carbons (Fsp3) is 1.00. The van der Waals surface area contributed by atoms with E-state index in [1.807, 2.05) is 0 Å². The van der Waals surface area contributed by atoms with E-state index in [0.29, 0.717) is 0 Å². The summed E-state index contributed by atoms with van der Waals surface area (Å²) in [5.41, 5.74) is 0. The molecule has 0 spiro atoms. The van der Waals surface area contributed by atoms with Gasteiger partial charge < -0.3 is 74.7 Å². The van der Waals surface area contributed by atoms with Crippen molar-refractivity contribution in [1.29, 1.82) is 0 Å². The second-order valence-electron chi connectivity index (χ2n) is 8.36. The summed E-state index contributed by atoms with van der Waals surface area (Å²) in [7, 11) is 0. The van der Waals surface area contributed by atoms with E-state index in [1.165, 1.54) is 6.92 Å². The Kier molecular flexibility index (Phi) is 8.99. The minimum atomic E-state index is -1.86. The van der Waals surface area contributed by atoms with Crippen LogP contribution in [0.4, 0.5) is 0 Å². The van der Waals surface area contributed by atoms with Crippen LogP contribution in [0.25, 0.3) is 0 Å². The van der Waals surface area contributed by atoms with Gasteiger partial charge in [0.2, 0.25) is 0 Å². The molecule has 15 atom stereocenters. The Hall–Kier alpha value is -0.600. The Morgan fingerprint density at radius 2 is 1.18 bits per heavy atom. The largest absolute Gasteiger partial charge is 0.394 e. The molecule has 3 rings (SSSR count). The maximum absolute atomic E-state index is 10.4. The summed E-state index contributed by atoms with van der Waals surface area (Å²) in [4.78, 5) is 0. The van der Waals surface area contributed by atoms with E-state index in [0.717, 1.165) is 0 Å². The number of hydrogen-bond donors (Lipinski definition) is 10. The molecule has 194 valence electrons. The molecule has 0 amide bonds. The normalized spacial score (nSPS) is 53.7. The molecule has 3 aliphatic rings. The van der Waals surface area contributed by atoms with Crippen molar-refractivity contribution in [1.82, 2.24) is 0 Å². The third-order valence-corrected chi connectivity index (χ3v) is 6.04. The molecule has 33 heavy (non-hydrogen) atoms. The summed E-state index contributed by atoms with van der Waals surface area (Å²) in [6.07, 6.45) is -23.3. The highest BCUT2D eigenvalue weighted by molar-refractivity contribution is 4.93. The average molecular weight is 488 g/mol. The molecule has 0 aliphatic carbocycles. The molecule has 0 aromatic carbocycles. The molecule has 0 saturated carbocycles. The van der Waals surface area contributed by atoms with Gasteiger partial charge >= 0.3 is 0 Å². The van der Waals surface area contributed by atoms with Crippen molar-refractivity contribution in [2.75, 3.05) is 13.2 Å². The monoisotopic (exact) mass is 488 g/mol. The van der Waals surface area contributed by atoms with E-state index >= 15 is 0 Å². The predicted octanol–water partition coefficient (Wildman–Crippen LogP) is -6.55. The molecule has 0 bridgehead atoms. The number of ether oxygens (including phenoxy) is 5. The quantitative estimate of drug-likeness (QED) is 0.167. The van der Waals surface area contributed by atoms with E-state index < -0.39 is 105 Å². The number of rotatable bonds is 6. The summed E-state index contributed by atoms with van der Waals surface area (Å²) in [5.74, 6) is 0. The van der Waals surface area contributed by atoms with Crippen LogP contribution >= 0.6 is 0 Å². The summed E-state index contributed by atoms with van der Waals surface area (Å²) in [6.45, 7) is 0.167. The maximum Gasteiger partial charge on any atom is 0.187 e. The summed E-state index contributed by atoms with van der Waals surface area (Å²) >= 11 is 0. The van der Waals surface area contributed by atoms with Gasteiger partial charge in [0.05, 0.1) is 19.3 Å². The average Bonchev–Trinajstić information content (AvgIpc) is 2.79. The Balaban J connectivity index is 1.58. The van der Waals surface area contributed by atoms with Crippen LogP contribution in [0.2, 0.25) is 0 Å². The lowest BCUT2D eigenvalue weighted by Gasteiger charge is -2.45. The zero-order valence-electron chi connectivity index (χ0n) is 17.6. The molecule has 15 nitrogen and oxygen atoms in total. The topological polar surface area (TPSA) is 248 Å². The minimum absolute atomic E-state index is 0.560. The second kappa shape index (κ2) is 11.0. The first-order valence-corrected chi connectivity index (χ1v) is 10.4. The Morgan fingerprint density at radius 3 is 1.82 bits per heavy atom. The number of aliphatic hydroxyl groups is 10. The molecule has 0 aromatic rings. The minimum Gasteiger partial charge on any atom is -0.394 e. The first-order chi connectivity index (χ1) is 15.5. The number of aliphatic hydroxyl groups excluding tert-OH is 10. The van der Waals surface area contributed by atoms with Crippen molar-refractivity contribution in [3.8, 4) is 0 Å². The van der Waals surface area contributed by atoms with Crippen molar-refractivity contribution in [3.63, 3.8) is 0 Å². The van der Waals surface area contributed by atoms with Crippen LogP contribution in [0.15, 0.2) is 0 Å². The molecule has 15 unspecified atom stereocenters. The van der Waals surface area contributed by atoms with Gasteiger partial charge in [-0.15, -0.1) is 0 Å². The van der Waals surface area contributed by atoms with Gasteiger partial charge in [-0.05, 0) is 6.92 Å². The molecule has 10 N–H and O–H groups in total. The first kappa shape index (κ1) is 27.0. The lowest BCUT2D eigenvalue weighted by atomic mass is 9.97. The van der Waals surface area contributed by atoms with Gasteiger partial charge in [-0.25, -0.2) is 0 Å². The lowest BCUT2D eigenvalue weighted by Crippen LogP contribution is -2.64. The van der Waals surface area contributed by atoms with Gasteiger partial charge in [-0.2, -0.15) is 0 Å². The van der Waals surface area contributed by atoms with E-state index in [9.17, 15) is 51.1 Å². The molecule has 0 radical (unpaired) electrons. The third-order valence-electron chi connectivity index (χ3n) is 6.04. The van der Waals surface area contributed by atoms with E-state index in [1.54, 1.807) is 0 Å². The maximum atomic E-state index is 10.4. The Labute approximate surface area is 187 Å². The SMILES string of the molecule is CC1OC(OC2C(O)OC(COC3OC(CO)C(O)C(O)C3O)C(O)C2O)C(O)C(O)C1O. The second-order valence-corrected chi connectivity index (χ2v) is 8.36. The smallest absolute Gasteiger partial charge is 0.187 e. The molecule has 3 saturated heterocycles. The van der Waals surface area contributed by atoms with Crippen LogP contribution in [-0.4, -0.2) is 156 Å². The van der Waals surface area contributed by atoms with E-state index in [4.69, 9.17) is 23.7 Å². The van der Waals surface area contributed by atoms with Crippen molar-refractivity contribution >= 4 is 0 Å². The molecule has 3 heterocycles. The highest BCUT2D eigenvalue weighted by atomic mass is 16.7. The fourth-order valence-electron chi connectivity index (χ4n) is 3.88. The van der Waals surface area contributed by atoms with Crippen LogP contribution < -0.4 is 0 Å². The molecular weight excluding hydrogens is 456 g/mol. The zero-order valence-corrected chi connectivity index (χ0v) is 17.6. The zero-order chi connectivity index (χ0) is 24.6. The summed E-state index contributed by atoms with van der Waals surface area (Å²) < 4.78 is 26.2. The van der Waals surface area contributed by atoms with E-state index in [-0.39, 0.29) is 0 Å². The van der Waals surface area contributed by atoms with Gasteiger partial charge in [-0.3, -0.25) is 0 Å². The van der Waals surface area contributed by atoms with Gasteiger partial charge in [0.1, 0.15) is 67.1 Å². The van der Waals surface area contributed by atoms with Crippen LogP contribution in [0, 0.1) is 0 Å². The molecule has 0 aromatic heterocycles. The fourth-order valence-corrected chi connectivity index (χ4v) is 3.88. The van der Waals surface area contributed by atoms with Crippen molar-refractivity contribution in [2.45, 2.75) is 99.0 Å². The van der Waals surface area contributed by atoms with Crippen LogP contribution in [-0.2, 0) is 23.7 Å². The van der Waals surface area contributed by atoms with Gasteiger partial charge in [0.25, 0.3) is 0 Å². The van der Waals surface area contributed by atoms with Gasteiger partial charge in [0, 0.05) is 0 Å². The Bertz CT molecular complexity index is 624. The highest BCUT2D eigenvalue weighted by Gasteiger charge is 2.50. The van der Waals surface area contributed by atoms with Crippen LogP contribution in [0.1, 0.15) is 6.92 Å². The van der Waals surface area contributed by atoms with E-state index in [2.05, 4.69) is 0 Å². The summed E-state index contributed by atoms with van der Waals surface area (Å²) in [6, 6.07) is 0. The summed E-state index contributed by atoms with van der Waals surface area (Å²) in [5, 5.41) is 99.5. The highest BCUT2D eigenvalue weighted by Crippen LogP contribution is 2.29. The van der Waals surface area contributed by atoms with Crippen molar-refractivity contribution in [3.05, 3.63) is 0 Å². The van der Waals surface area contributed by atoms with Gasteiger partial charge in [-0.1, -0.05) is 0 Å². The van der Waals surface area contributed by atoms with Crippen LogP contribution in [0.5, 0.6) is 0 Å². The Morgan fingerprint density at radius 1 is 0.606 bits per heavy atom. The third kappa shape index (κ3) is 5.48. The molecule has 3 fully saturated rings. The molecule has 15 heteroatoms. The molecule has 3 aliphatic heterocycles. The lowest BCUT2D eigenvalue weighted by molar-refractivity contribution is -0.364. The number of hydrogen-bond acceptors (Lipinski definition) is 15. The van der Waals surface area contributed by atoms with Crippen LogP contribution in [0.3, 0.4) is 0 Å². The van der Waals surface area contributed by atoms with Gasteiger partial charge in [0.15, 0.2) is 18.9 Å². The van der Waals surface area contributed by atoms with Crippen molar-refractivity contribution < 1.29 is 74.7 Å². The standard InChI is InChI=1S/C18H32O15/c1-4-7(20)10(23)14(27)18(30-4)33-15-12(25)9(22)6(31-16(15)28)3-29-17-13(26)11(24)8(21)5(2-19)32-17/h4-28H,2-3H2,1H3. The predicted molar refractivity (Wildman–Crippen MR) is 99.8 cm³/mol. The first-order valence-electron chi connectivity index (χ1n) is 10.4. The molecular formula is C18H32O15.